The molecule has 7 heteroatoms. The Kier molecular flexibility index (Phi) is 5.03. The minimum atomic E-state index is -1.06. The highest BCUT2D eigenvalue weighted by Crippen LogP contribution is 2.19. The van der Waals surface area contributed by atoms with Crippen LogP contribution >= 0.6 is 0 Å². The van der Waals surface area contributed by atoms with E-state index in [2.05, 4.69) is 5.32 Å². The number of carboxylic acid groups (broad SMARTS) is 1. The van der Waals surface area contributed by atoms with Crippen LogP contribution in [0.2, 0.25) is 0 Å². The highest BCUT2D eigenvalue weighted by molar-refractivity contribution is 5.95. The standard InChI is InChI=1S/C16H14N2O5/c19-15(20)10-14(11-5-2-1-3-6-11)17-16(21)12-7-4-8-13(9-12)18(22)23/h1-9,14H,10H2,(H,17,21)(H,19,20)/t14-/m1/s1. The minimum Gasteiger partial charge on any atom is -0.481 e. The van der Waals surface area contributed by atoms with E-state index in [1.54, 1.807) is 30.3 Å². The monoisotopic (exact) mass is 314 g/mol. The Labute approximate surface area is 131 Å². The zero-order valence-electron chi connectivity index (χ0n) is 12.0. The highest BCUT2D eigenvalue weighted by Gasteiger charge is 2.19. The van der Waals surface area contributed by atoms with E-state index in [9.17, 15) is 19.7 Å². The number of nitrogens with zero attached hydrogens (tertiary/aromatic N) is 1. The largest absolute Gasteiger partial charge is 0.481 e. The van der Waals surface area contributed by atoms with Gasteiger partial charge in [-0.05, 0) is 11.6 Å². The number of carbonyl (C=O) groups is 2. The molecule has 2 rings (SSSR count). The lowest BCUT2D eigenvalue weighted by Gasteiger charge is -2.17. The quantitative estimate of drug-likeness (QED) is 0.629. The fourth-order valence-electron chi connectivity index (χ4n) is 2.11. The van der Waals surface area contributed by atoms with E-state index in [1.807, 2.05) is 0 Å². The van der Waals surface area contributed by atoms with Crippen LogP contribution < -0.4 is 5.32 Å². The first kappa shape index (κ1) is 16.2. The van der Waals surface area contributed by atoms with Gasteiger partial charge in [0.2, 0.25) is 0 Å². The van der Waals surface area contributed by atoms with Crippen molar-refractivity contribution in [3.8, 4) is 0 Å². The van der Waals surface area contributed by atoms with Crippen molar-refractivity contribution in [3.05, 3.63) is 75.8 Å². The molecule has 2 N–H and O–H groups in total. The molecule has 0 heterocycles. The summed E-state index contributed by atoms with van der Waals surface area (Å²) in [4.78, 5) is 33.4. The third-order valence-corrected chi connectivity index (χ3v) is 3.21. The van der Waals surface area contributed by atoms with Crippen LogP contribution in [-0.2, 0) is 4.79 Å². The Morgan fingerprint density at radius 3 is 2.43 bits per heavy atom. The third-order valence-electron chi connectivity index (χ3n) is 3.21. The molecular weight excluding hydrogens is 300 g/mol. The summed E-state index contributed by atoms with van der Waals surface area (Å²) in [6.07, 6.45) is -0.287. The maximum Gasteiger partial charge on any atom is 0.305 e. The van der Waals surface area contributed by atoms with Gasteiger partial charge < -0.3 is 10.4 Å². The van der Waals surface area contributed by atoms with Crippen molar-refractivity contribution in [2.75, 3.05) is 0 Å². The van der Waals surface area contributed by atoms with E-state index in [4.69, 9.17) is 5.11 Å². The number of carboxylic acids is 1. The zero-order valence-corrected chi connectivity index (χ0v) is 12.0. The molecule has 0 spiro atoms. The van der Waals surface area contributed by atoms with Gasteiger partial charge >= 0.3 is 5.97 Å². The number of hydrogen-bond donors (Lipinski definition) is 2. The topological polar surface area (TPSA) is 110 Å². The van der Waals surface area contributed by atoms with Crippen LogP contribution in [0.15, 0.2) is 54.6 Å². The third kappa shape index (κ3) is 4.37. The Bertz CT molecular complexity index is 730. The Morgan fingerprint density at radius 2 is 1.83 bits per heavy atom. The van der Waals surface area contributed by atoms with Crippen LogP contribution in [0.5, 0.6) is 0 Å². The SMILES string of the molecule is O=C(O)C[C@@H](NC(=O)c1cccc([N+](=O)[O-])c1)c1ccccc1. The van der Waals surface area contributed by atoms with Gasteiger partial charge in [0.25, 0.3) is 11.6 Å². The zero-order chi connectivity index (χ0) is 16.8. The van der Waals surface area contributed by atoms with E-state index in [0.29, 0.717) is 5.56 Å². The van der Waals surface area contributed by atoms with E-state index in [1.165, 1.54) is 18.2 Å². The molecule has 0 aromatic heterocycles. The Morgan fingerprint density at radius 1 is 1.13 bits per heavy atom. The summed E-state index contributed by atoms with van der Waals surface area (Å²) >= 11 is 0. The molecule has 0 fully saturated rings. The van der Waals surface area contributed by atoms with Crippen LogP contribution in [0.4, 0.5) is 5.69 Å². The summed E-state index contributed by atoms with van der Waals surface area (Å²) in [6, 6.07) is 13.2. The minimum absolute atomic E-state index is 0.102. The molecule has 23 heavy (non-hydrogen) atoms. The number of aliphatic carboxylic acids is 1. The first-order chi connectivity index (χ1) is 11.0. The van der Waals surface area contributed by atoms with Gasteiger partial charge in [0.1, 0.15) is 0 Å². The second kappa shape index (κ2) is 7.17. The highest BCUT2D eigenvalue weighted by atomic mass is 16.6. The Balaban J connectivity index is 2.22. The number of nitro groups is 1. The molecular formula is C16H14N2O5. The first-order valence-corrected chi connectivity index (χ1v) is 6.79. The summed E-state index contributed by atoms with van der Waals surface area (Å²) < 4.78 is 0. The van der Waals surface area contributed by atoms with Crippen molar-refractivity contribution < 1.29 is 19.6 Å². The van der Waals surface area contributed by atoms with E-state index < -0.39 is 22.8 Å². The smallest absolute Gasteiger partial charge is 0.305 e. The molecule has 2 aromatic carbocycles. The molecule has 0 bridgehead atoms. The molecule has 0 saturated heterocycles. The van der Waals surface area contributed by atoms with E-state index in [-0.39, 0.29) is 17.7 Å². The average Bonchev–Trinajstić information content (AvgIpc) is 2.54. The lowest BCUT2D eigenvalue weighted by Crippen LogP contribution is -2.30. The van der Waals surface area contributed by atoms with Gasteiger partial charge in [-0.1, -0.05) is 36.4 Å². The average molecular weight is 314 g/mol. The molecule has 0 unspecified atom stereocenters. The molecule has 0 radical (unpaired) electrons. The van der Waals surface area contributed by atoms with Crippen LogP contribution in [-0.4, -0.2) is 21.9 Å². The number of nitrogens with one attached hydrogen (secondary N) is 1. The van der Waals surface area contributed by atoms with Gasteiger partial charge in [-0.25, -0.2) is 0 Å². The molecule has 0 aliphatic carbocycles. The van der Waals surface area contributed by atoms with Gasteiger partial charge in [0.15, 0.2) is 0 Å². The van der Waals surface area contributed by atoms with Crippen molar-refractivity contribution in [3.63, 3.8) is 0 Å². The number of nitro benzene ring substituents is 1. The maximum atomic E-state index is 12.3. The maximum absolute atomic E-state index is 12.3. The molecule has 0 aliphatic heterocycles. The number of carbonyl (C=O) groups excluding carboxylic acids is 1. The summed E-state index contributed by atoms with van der Waals surface area (Å²) in [5.41, 5.74) is 0.548. The number of benzene rings is 2. The van der Waals surface area contributed by atoms with Crippen molar-refractivity contribution in [1.82, 2.24) is 5.32 Å². The molecule has 0 aliphatic rings. The second-order valence-electron chi connectivity index (χ2n) is 4.84. The van der Waals surface area contributed by atoms with Gasteiger partial charge in [0, 0.05) is 17.7 Å². The molecule has 2 aromatic rings. The van der Waals surface area contributed by atoms with E-state index in [0.717, 1.165) is 6.07 Å². The normalized spacial score (nSPS) is 11.5. The lowest BCUT2D eigenvalue weighted by atomic mass is 10.0. The molecule has 1 atom stereocenters. The van der Waals surface area contributed by atoms with Crippen LogP contribution in [0.1, 0.15) is 28.4 Å². The van der Waals surface area contributed by atoms with Crippen LogP contribution in [0.25, 0.3) is 0 Å². The van der Waals surface area contributed by atoms with Gasteiger partial charge in [-0.3, -0.25) is 19.7 Å². The predicted octanol–water partition coefficient (Wildman–Crippen LogP) is 2.54. The van der Waals surface area contributed by atoms with Crippen molar-refractivity contribution in [2.24, 2.45) is 0 Å². The molecule has 1 amide bonds. The number of hydrogen-bond acceptors (Lipinski definition) is 4. The van der Waals surface area contributed by atoms with Crippen LogP contribution in [0, 0.1) is 10.1 Å². The number of rotatable bonds is 6. The fraction of sp³-hybridized carbons (Fsp3) is 0.125. The fourth-order valence-corrected chi connectivity index (χ4v) is 2.11. The molecule has 7 nitrogen and oxygen atoms in total. The second-order valence-corrected chi connectivity index (χ2v) is 4.84. The van der Waals surface area contributed by atoms with Crippen molar-refractivity contribution >= 4 is 17.6 Å². The summed E-state index contributed by atoms with van der Waals surface area (Å²) in [7, 11) is 0. The lowest BCUT2D eigenvalue weighted by molar-refractivity contribution is -0.384. The van der Waals surface area contributed by atoms with E-state index >= 15 is 0 Å². The van der Waals surface area contributed by atoms with Gasteiger partial charge in [-0.2, -0.15) is 0 Å². The van der Waals surface area contributed by atoms with Gasteiger partial charge in [-0.15, -0.1) is 0 Å². The summed E-state index contributed by atoms with van der Waals surface area (Å²) in [6.45, 7) is 0. The summed E-state index contributed by atoms with van der Waals surface area (Å²) in [5.74, 6) is -1.62. The first-order valence-electron chi connectivity index (χ1n) is 6.79. The van der Waals surface area contributed by atoms with Crippen molar-refractivity contribution in [2.45, 2.75) is 12.5 Å². The Hall–Kier alpha value is -3.22. The van der Waals surface area contributed by atoms with Gasteiger partial charge in [0.05, 0.1) is 17.4 Å². The summed E-state index contributed by atoms with van der Waals surface area (Å²) in [5, 5.41) is 22.4. The number of non-ortho nitro benzene ring substituents is 1. The molecule has 0 saturated carbocycles. The molecule has 118 valence electrons. The van der Waals surface area contributed by atoms with Crippen LogP contribution in [0.3, 0.4) is 0 Å². The predicted molar refractivity (Wildman–Crippen MR) is 82.0 cm³/mol. The van der Waals surface area contributed by atoms with Crippen molar-refractivity contribution in [1.29, 1.82) is 0 Å². The number of amides is 1.